The highest BCUT2D eigenvalue weighted by molar-refractivity contribution is 7.19. The summed E-state index contributed by atoms with van der Waals surface area (Å²) in [5, 5.41) is 3.74. The van der Waals surface area contributed by atoms with Crippen LogP contribution in [0.4, 0.5) is 5.82 Å². The van der Waals surface area contributed by atoms with Gasteiger partial charge in [-0.25, -0.2) is 15.0 Å². The lowest BCUT2D eigenvalue weighted by Crippen LogP contribution is -1.91. The highest BCUT2D eigenvalue weighted by Crippen LogP contribution is 2.18. The van der Waals surface area contributed by atoms with E-state index in [2.05, 4.69) is 32.1 Å². The molecule has 0 bridgehead atoms. The van der Waals surface area contributed by atoms with Gasteiger partial charge in [0.25, 0.3) is 0 Å². The predicted octanol–water partition coefficient (Wildman–Crippen LogP) is 2.53. The van der Waals surface area contributed by atoms with Gasteiger partial charge in [0.1, 0.15) is 5.82 Å². The maximum atomic E-state index is 4.36. The van der Waals surface area contributed by atoms with Crippen LogP contribution in [-0.4, -0.2) is 22.0 Å². The van der Waals surface area contributed by atoms with Crippen molar-refractivity contribution in [3.8, 4) is 11.8 Å². The average molecular weight is 266 g/mol. The number of fused-ring (bicyclic) bond motifs is 1. The number of nitrogens with zero attached hydrogens (tertiary/aromatic N) is 3. The predicted molar refractivity (Wildman–Crippen MR) is 77.2 cm³/mol. The van der Waals surface area contributed by atoms with Gasteiger partial charge < -0.3 is 5.32 Å². The van der Waals surface area contributed by atoms with E-state index in [0.717, 1.165) is 26.7 Å². The van der Waals surface area contributed by atoms with Crippen LogP contribution in [0.15, 0.2) is 36.7 Å². The van der Waals surface area contributed by atoms with Gasteiger partial charge in [0.15, 0.2) is 10.7 Å². The molecule has 3 rings (SSSR count). The van der Waals surface area contributed by atoms with Gasteiger partial charge in [-0.05, 0) is 30.2 Å². The van der Waals surface area contributed by atoms with Crippen LogP contribution >= 0.6 is 11.3 Å². The van der Waals surface area contributed by atoms with Crippen LogP contribution in [0.2, 0.25) is 0 Å². The third-order valence-corrected chi connectivity index (χ3v) is 3.42. The van der Waals surface area contributed by atoms with E-state index in [1.165, 1.54) is 0 Å². The summed E-state index contributed by atoms with van der Waals surface area (Å²) in [5.74, 6) is 6.93. The summed E-state index contributed by atoms with van der Waals surface area (Å²) in [5.41, 5.74) is 1.62. The summed E-state index contributed by atoms with van der Waals surface area (Å²) < 4.78 is 1.05. The Labute approximate surface area is 114 Å². The van der Waals surface area contributed by atoms with Gasteiger partial charge in [0, 0.05) is 25.0 Å². The Hall–Kier alpha value is -2.45. The van der Waals surface area contributed by atoms with E-state index in [0.29, 0.717) is 0 Å². The molecule has 0 radical (unpaired) electrons. The zero-order valence-corrected chi connectivity index (χ0v) is 11.0. The average Bonchev–Trinajstić information content (AvgIpc) is 2.88. The van der Waals surface area contributed by atoms with E-state index >= 15 is 0 Å². The number of hydrogen-bond acceptors (Lipinski definition) is 5. The van der Waals surface area contributed by atoms with Gasteiger partial charge in [-0.3, -0.25) is 0 Å². The summed E-state index contributed by atoms with van der Waals surface area (Å²) in [6.45, 7) is 0. The Morgan fingerprint density at radius 3 is 2.84 bits per heavy atom. The minimum absolute atomic E-state index is 0.750. The fourth-order valence-corrected chi connectivity index (χ4v) is 2.34. The highest BCUT2D eigenvalue weighted by atomic mass is 32.1. The van der Waals surface area contributed by atoms with Gasteiger partial charge in [-0.15, -0.1) is 11.3 Å². The Morgan fingerprint density at radius 2 is 2.11 bits per heavy atom. The Balaban J connectivity index is 1.89. The van der Waals surface area contributed by atoms with Gasteiger partial charge in [0.2, 0.25) is 0 Å². The van der Waals surface area contributed by atoms with Crippen molar-refractivity contribution in [3.63, 3.8) is 0 Å². The van der Waals surface area contributed by atoms with Gasteiger partial charge in [-0.1, -0.05) is 5.92 Å². The molecule has 0 aliphatic carbocycles. The second kappa shape index (κ2) is 5.04. The molecule has 3 heterocycles. The Bertz CT molecular complexity index is 732. The molecule has 0 unspecified atom stereocenters. The van der Waals surface area contributed by atoms with Crippen LogP contribution in [0.5, 0.6) is 0 Å². The van der Waals surface area contributed by atoms with E-state index in [1.54, 1.807) is 23.7 Å². The molecule has 0 saturated carbocycles. The molecule has 0 saturated heterocycles. The molecule has 0 aromatic carbocycles. The molecule has 0 fully saturated rings. The fourth-order valence-electron chi connectivity index (χ4n) is 1.56. The van der Waals surface area contributed by atoms with Gasteiger partial charge in [0.05, 0.1) is 4.70 Å². The molecule has 1 N–H and O–H groups in total. The van der Waals surface area contributed by atoms with Crippen molar-refractivity contribution in [2.45, 2.75) is 0 Å². The maximum Gasteiger partial charge on any atom is 0.171 e. The number of hydrogen-bond donors (Lipinski definition) is 1. The standard InChI is InChI=1S/C14H10N4S/c1-15-12-6-4-10(9-17-12)5-7-13-18-14-11(19-13)3-2-8-16-14/h2-4,6,8-9H,1H3,(H,15,17). The molecule has 19 heavy (non-hydrogen) atoms. The molecule has 0 amide bonds. The fraction of sp³-hybridized carbons (Fsp3) is 0.0714. The zero-order chi connectivity index (χ0) is 13.1. The molecular weight excluding hydrogens is 256 g/mol. The van der Waals surface area contributed by atoms with Crippen molar-refractivity contribution in [1.82, 2.24) is 15.0 Å². The third-order valence-electron chi connectivity index (χ3n) is 2.50. The quantitative estimate of drug-likeness (QED) is 0.688. The van der Waals surface area contributed by atoms with E-state index in [9.17, 15) is 0 Å². The van der Waals surface area contributed by atoms with E-state index in [-0.39, 0.29) is 0 Å². The van der Waals surface area contributed by atoms with Crippen molar-refractivity contribution in [1.29, 1.82) is 0 Å². The van der Waals surface area contributed by atoms with Crippen molar-refractivity contribution in [3.05, 3.63) is 47.2 Å². The van der Waals surface area contributed by atoms with Crippen molar-refractivity contribution >= 4 is 27.5 Å². The lowest BCUT2D eigenvalue weighted by Gasteiger charge is -1.96. The van der Waals surface area contributed by atoms with E-state index < -0.39 is 0 Å². The van der Waals surface area contributed by atoms with Crippen LogP contribution in [0.25, 0.3) is 10.3 Å². The minimum Gasteiger partial charge on any atom is -0.373 e. The molecule has 4 nitrogen and oxygen atoms in total. The van der Waals surface area contributed by atoms with Crippen molar-refractivity contribution < 1.29 is 0 Å². The van der Waals surface area contributed by atoms with Crippen molar-refractivity contribution in [2.75, 3.05) is 12.4 Å². The van der Waals surface area contributed by atoms with E-state index in [4.69, 9.17) is 0 Å². The summed E-state index contributed by atoms with van der Waals surface area (Å²) in [7, 11) is 1.84. The first-order chi connectivity index (χ1) is 9.35. The number of aromatic nitrogens is 3. The zero-order valence-electron chi connectivity index (χ0n) is 10.2. The summed E-state index contributed by atoms with van der Waals surface area (Å²) in [6, 6.07) is 7.72. The largest absolute Gasteiger partial charge is 0.373 e. The summed E-state index contributed by atoms with van der Waals surface area (Å²) >= 11 is 1.54. The Morgan fingerprint density at radius 1 is 1.16 bits per heavy atom. The molecule has 0 spiro atoms. The summed E-state index contributed by atoms with van der Waals surface area (Å²) in [6.07, 6.45) is 3.48. The number of thiazole rings is 1. The number of pyridine rings is 2. The van der Waals surface area contributed by atoms with Crippen LogP contribution in [0, 0.1) is 11.8 Å². The van der Waals surface area contributed by atoms with Crippen molar-refractivity contribution in [2.24, 2.45) is 0 Å². The minimum atomic E-state index is 0.750. The van der Waals surface area contributed by atoms with Crippen LogP contribution in [0.1, 0.15) is 10.6 Å². The maximum absolute atomic E-state index is 4.36. The topological polar surface area (TPSA) is 50.7 Å². The molecule has 92 valence electrons. The monoisotopic (exact) mass is 266 g/mol. The smallest absolute Gasteiger partial charge is 0.171 e. The summed E-state index contributed by atoms with van der Waals surface area (Å²) in [4.78, 5) is 12.8. The van der Waals surface area contributed by atoms with Crippen LogP contribution in [0.3, 0.4) is 0 Å². The first kappa shape index (κ1) is 11.6. The molecule has 0 aliphatic rings. The SMILES string of the molecule is CNc1ccc(C#Cc2nc3ncccc3s2)cn1. The van der Waals surface area contributed by atoms with Gasteiger partial charge >= 0.3 is 0 Å². The van der Waals surface area contributed by atoms with Gasteiger partial charge in [-0.2, -0.15) is 0 Å². The Kier molecular flexibility index (Phi) is 3.09. The molecule has 0 atom stereocenters. The molecule has 5 heteroatoms. The molecule has 3 aromatic heterocycles. The van der Waals surface area contributed by atoms with Crippen LogP contribution in [-0.2, 0) is 0 Å². The molecule has 0 aliphatic heterocycles. The second-order valence-corrected chi connectivity index (χ2v) is 4.81. The third kappa shape index (κ3) is 2.54. The number of nitrogens with one attached hydrogen (secondary N) is 1. The lowest BCUT2D eigenvalue weighted by atomic mass is 10.3. The molecular formula is C14H10N4S. The second-order valence-electron chi connectivity index (χ2n) is 3.78. The first-order valence-corrected chi connectivity index (χ1v) is 6.54. The number of anilines is 1. The van der Waals surface area contributed by atoms with Crippen LogP contribution < -0.4 is 5.32 Å². The molecule has 3 aromatic rings. The normalized spacial score (nSPS) is 9.95. The first-order valence-electron chi connectivity index (χ1n) is 5.72. The van der Waals surface area contributed by atoms with E-state index in [1.807, 2.05) is 31.3 Å². The highest BCUT2D eigenvalue weighted by Gasteiger charge is 2.00. The number of rotatable bonds is 1. The lowest BCUT2D eigenvalue weighted by molar-refractivity contribution is 1.28.